The lowest BCUT2D eigenvalue weighted by molar-refractivity contribution is -0.135. The van der Waals surface area contributed by atoms with Crippen LogP contribution in [-0.4, -0.2) is 30.8 Å². The molecule has 0 aliphatic heterocycles. The second-order valence-electron chi connectivity index (χ2n) is 4.10. The fourth-order valence-electron chi connectivity index (χ4n) is 1.60. The number of carbonyl (C=O) groups is 1. The number of benzene rings is 1. The summed E-state index contributed by atoms with van der Waals surface area (Å²) in [4.78, 5) is 10.2. The van der Waals surface area contributed by atoms with E-state index in [0.29, 0.717) is 13.2 Å². The zero-order chi connectivity index (χ0) is 12.7. The van der Waals surface area contributed by atoms with E-state index in [1.807, 2.05) is 26.0 Å². The second kappa shape index (κ2) is 6.91. The van der Waals surface area contributed by atoms with E-state index in [2.05, 4.69) is 11.4 Å². The summed E-state index contributed by atoms with van der Waals surface area (Å²) in [5.41, 5.74) is 2.37. The van der Waals surface area contributed by atoms with Gasteiger partial charge in [0, 0.05) is 0 Å². The third kappa shape index (κ3) is 5.92. The van der Waals surface area contributed by atoms with E-state index in [9.17, 15) is 4.79 Å². The maximum absolute atomic E-state index is 10.2. The van der Waals surface area contributed by atoms with Gasteiger partial charge in [-0.15, -0.1) is 0 Å². The lowest BCUT2D eigenvalue weighted by Gasteiger charge is -2.08. The number of nitrogens with one attached hydrogen (secondary N) is 1. The van der Waals surface area contributed by atoms with Crippen molar-refractivity contribution >= 4 is 5.97 Å². The number of hydrogen-bond acceptors (Lipinski definition) is 3. The Morgan fingerprint density at radius 1 is 1.29 bits per heavy atom. The molecule has 0 saturated carbocycles. The Morgan fingerprint density at radius 2 is 1.94 bits per heavy atom. The molecule has 0 heterocycles. The van der Waals surface area contributed by atoms with Crippen molar-refractivity contribution in [3.8, 4) is 5.75 Å². The Balaban J connectivity index is 2.20. The molecule has 0 aliphatic rings. The Morgan fingerprint density at radius 3 is 2.53 bits per heavy atom. The number of rotatable bonds is 7. The van der Waals surface area contributed by atoms with Crippen LogP contribution in [0.5, 0.6) is 5.75 Å². The highest BCUT2D eigenvalue weighted by molar-refractivity contribution is 5.68. The molecule has 94 valence electrons. The summed E-state index contributed by atoms with van der Waals surface area (Å²) in [6, 6.07) is 6.09. The molecule has 0 unspecified atom stereocenters. The van der Waals surface area contributed by atoms with Crippen LogP contribution in [0.3, 0.4) is 0 Å². The minimum absolute atomic E-state index is 0.00353. The SMILES string of the molecule is Cc1cc(C)cc(OCCCNCC(=O)O)c1. The van der Waals surface area contributed by atoms with Crippen LogP contribution in [0.15, 0.2) is 18.2 Å². The highest BCUT2D eigenvalue weighted by Crippen LogP contribution is 2.16. The van der Waals surface area contributed by atoms with Gasteiger partial charge in [-0.1, -0.05) is 6.07 Å². The second-order valence-corrected chi connectivity index (χ2v) is 4.10. The molecule has 0 amide bonds. The van der Waals surface area contributed by atoms with Crippen LogP contribution in [0, 0.1) is 13.8 Å². The van der Waals surface area contributed by atoms with Crippen LogP contribution in [0.2, 0.25) is 0 Å². The molecule has 0 aliphatic carbocycles. The van der Waals surface area contributed by atoms with Gasteiger partial charge in [0.05, 0.1) is 13.2 Å². The van der Waals surface area contributed by atoms with Crippen molar-refractivity contribution in [2.75, 3.05) is 19.7 Å². The van der Waals surface area contributed by atoms with Crippen molar-refractivity contribution in [1.82, 2.24) is 5.32 Å². The van der Waals surface area contributed by atoms with Gasteiger partial charge in [-0.25, -0.2) is 0 Å². The molecule has 4 nitrogen and oxygen atoms in total. The quantitative estimate of drug-likeness (QED) is 0.709. The average Bonchev–Trinajstić information content (AvgIpc) is 2.21. The van der Waals surface area contributed by atoms with Crippen LogP contribution in [0.1, 0.15) is 17.5 Å². The number of carboxylic acids is 1. The van der Waals surface area contributed by atoms with Gasteiger partial charge in [0.1, 0.15) is 5.75 Å². The normalized spacial score (nSPS) is 10.2. The molecule has 0 bridgehead atoms. The van der Waals surface area contributed by atoms with E-state index in [1.165, 1.54) is 11.1 Å². The largest absolute Gasteiger partial charge is 0.494 e. The Labute approximate surface area is 102 Å². The van der Waals surface area contributed by atoms with Crippen LogP contribution < -0.4 is 10.1 Å². The van der Waals surface area contributed by atoms with Gasteiger partial charge >= 0.3 is 5.97 Å². The molecule has 0 atom stereocenters. The predicted octanol–water partition coefficient (Wildman–Crippen LogP) is 1.75. The van der Waals surface area contributed by atoms with Crippen molar-refractivity contribution < 1.29 is 14.6 Å². The van der Waals surface area contributed by atoms with E-state index < -0.39 is 5.97 Å². The maximum atomic E-state index is 10.2. The van der Waals surface area contributed by atoms with Gasteiger partial charge in [-0.05, 0) is 50.1 Å². The maximum Gasteiger partial charge on any atom is 0.317 e. The third-order valence-corrected chi connectivity index (χ3v) is 2.24. The first-order valence-electron chi connectivity index (χ1n) is 5.71. The number of carboxylic acid groups (broad SMARTS) is 1. The van der Waals surface area contributed by atoms with Gasteiger partial charge < -0.3 is 15.2 Å². The molecule has 4 heteroatoms. The number of aryl methyl sites for hydroxylation is 2. The molecule has 0 radical (unpaired) electrons. The van der Waals surface area contributed by atoms with Crippen molar-refractivity contribution in [1.29, 1.82) is 0 Å². The summed E-state index contributed by atoms with van der Waals surface area (Å²) in [6.45, 7) is 5.32. The van der Waals surface area contributed by atoms with E-state index in [4.69, 9.17) is 9.84 Å². The van der Waals surface area contributed by atoms with E-state index >= 15 is 0 Å². The van der Waals surface area contributed by atoms with E-state index in [1.54, 1.807) is 0 Å². The fraction of sp³-hybridized carbons (Fsp3) is 0.462. The number of hydrogen-bond donors (Lipinski definition) is 2. The van der Waals surface area contributed by atoms with Crippen LogP contribution in [0.4, 0.5) is 0 Å². The Kier molecular flexibility index (Phi) is 5.49. The smallest absolute Gasteiger partial charge is 0.317 e. The highest BCUT2D eigenvalue weighted by atomic mass is 16.5. The first kappa shape index (κ1) is 13.5. The summed E-state index contributed by atoms with van der Waals surface area (Å²) in [5, 5.41) is 11.2. The fourth-order valence-corrected chi connectivity index (χ4v) is 1.60. The average molecular weight is 237 g/mol. The summed E-state index contributed by atoms with van der Waals surface area (Å²) < 4.78 is 5.59. The van der Waals surface area contributed by atoms with Crippen LogP contribution in [-0.2, 0) is 4.79 Å². The standard InChI is InChI=1S/C13H19NO3/c1-10-6-11(2)8-12(7-10)17-5-3-4-14-9-13(15)16/h6-8,14H,3-5,9H2,1-2H3,(H,15,16). The molecule has 1 rings (SSSR count). The minimum atomic E-state index is -0.833. The van der Waals surface area contributed by atoms with Crippen LogP contribution in [0.25, 0.3) is 0 Å². The first-order chi connectivity index (χ1) is 8.08. The van der Waals surface area contributed by atoms with Crippen molar-refractivity contribution in [2.45, 2.75) is 20.3 Å². The molecule has 0 saturated heterocycles. The lowest BCUT2D eigenvalue weighted by atomic mass is 10.1. The predicted molar refractivity (Wildman–Crippen MR) is 66.5 cm³/mol. The van der Waals surface area contributed by atoms with Gasteiger partial charge in [-0.2, -0.15) is 0 Å². The molecule has 1 aromatic rings. The van der Waals surface area contributed by atoms with Gasteiger partial charge in [0.2, 0.25) is 0 Å². The molecule has 1 aromatic carbocycles. The van der Waals surface area contributed by atoms with E-state index in [0.717, 1.165) is 12.2 Å². The first-order valence-corrected chi connectivity index (χ1v) is 5.71. The van der Waals surface area contributed by atoms with Crippen molar-refractivity contribution in [2.24, 2.45) is 0 Å². The van der Waals surface area contributed by atoms with Gasteiger partial charge in [0.25, 0.3) is 0 Å². The molecule has 17 heavy (non-hydrogen) atoms. The topological polar surface area (TPSA) is 58.6 Å². The van der Waals surface area contributed by atoms with Gasteiger partial charge in [-0.3, -0.25) is 4.79 Å². The minimum Gasteiger partial charge on any atom is -0.494 e. The zero-order valence-electron chi connectivity index (χ0n) is 10.3. The lowest BCUT2D eigenvalue weighted by Crippen LogP contribution is -2.24. The summed E-state index contributed by atoms with van der Waals surface area (Å²) in [7, 11) is 0. The summed E-state index contributed by atoms with van der Waals surface area (Å²) in [5.74, 6) is 0.0426. The molecule has 2 N–H and O–H groups in total. The zero-order valence-corrected chi connectivity index (χ0v) is 10.3. The van der Waals surface area contributed by atoms with Crippen molar-refractivity contribution in [3.05, 3.63) is 29.3 Å². The van der Waals surface area contributed by atoms with Gasteiger partial charge in [0.15, 0.2) is 0 Å². The third-order valence-electron chi connectivity index (χ3n) is 2.24. The van der Waals surface area contributed by atoms with E-state index in [-0.39, 0.29) is 6.54 Å². The molecular formula is C13H19NO3. The molecule has 0 fully saturated rings. The molecule has 0 aromatic heterocycles. The summed E-state index contributed by atoms with van der Waals surface area (Å²) >= 11 is 0. The molecular weight excluding hydrogens is 218 g/mol. The Bertz CT molecular complexity index is 357. The number of ether oxygens (including phenoxy) is 1. The number of aliphatic carboxylic acids is 1. The van der Waals surface area contributed by atoms with Crippen LogP contribution >= 0.6 is 0 Å². The monoisotopic (exact) mass is 237 g/mol. The summed E-state index contributed by atoms with van der Waals surface area (Å²) in [6.07, 6.45) is 0.792. The highest BCUT2D eigenvalue weighted by Gasteiger charge is 1.98. The molecule has 0 spiro atoms. The van der Waals surface area contributed by atoms with Crippen molar-refractivity contribution in [3.63, 3.8) is 0 Å². The Hall–Kier alpha value is -1.55.